The molecule has 2 aromatic carbocycles. The second-order valence-electron chi connectivity index (χ2n) is 5.39. The van der Waals surface area contributed by atoms with Crippen LogP contribution in [0.1, 0.15) is 27.1 Å². The van der Waals surface area contributed by atoms with Crippen molar-refractivity contribution in [3.05, 3.63) is 69.8 Å². The number of hydrogen-bond acceptors (Lipinski definition) is 5. The molecule has 1 aliphatic heterocycles. The molecule has 0 aromatic heterocycles. The zero-order valence-electron chi connectivity index (χ0n) is 12.8. The van der Waals surface area contributed by atoms with Crippen LogP contribution in [0.3, 0.4) is 0 Å². The maximum Gasteiger partial charge on any atom is 0.269 e. The molecule has 1 heterocycles. The van der Waals surface area contributed by atoms with Crippen LogP contribution in [0.5, 0.6) is 0 Å². The van der Waals surface area contributed by atoms with E-state index in [2.05, 4.69) is 5.32 Å². The largest absolute Gasteiger partial charge is 0.385 e. The van der Waals surface area contributed by atoms with Gasteiger partial charge in [-0.15, -0.1) is 0 Å². The van der Waals surface area contributed by atoms with Gasteiger partial charge in [0.05, 0.1) is 16.1 Å². The number of carbonyl (C=O) groups is 2. The fraction of sp³-hybridized carbons (Fsp3) is 0.176. The first-order valence-corrected chi connectivity index (χ1v) is 7.51. The number of carbonyl (C=O) groups excluding carboxylic acids is 2. The highest BCUT2D eigenvalue weighted by Crippen LogP contribution is 2.22. The Hall–Kier alpha value is -3.22. The summed E-state index contributed by atoms with van der Waals surface area (Å²) >= 11 is 0. The topological polar surface area (TPSA) is 92.6 Å². The maximum atomic E-state index is 12.2. The predicted molar refractivity (Wildman–Crippen MR) is 88.0 cm³/mol. The zero-order valence-corrected chi connectivity index (χ0v) is 12.8. The van der Waals surface area contributed by atoms with Gasteiger partial charge in [-0.1, -0.05) is 12.1 Å². The fourth-order valence-electron chi connectivity index (χ4n) is 2.61. The standard InChI is InChI=1S/C17H15N3O4/c21-16-14-4-1-2-5-15(14)17(22)19(16)11-3-10-18-12-6-8-13(9-7-12)20(23)24/h1-2,4-9,18H,3,10-11H2. The number of rotatable bonds is 6. The van der Waals surface area contributed by atoms with Crippen molar-refractivity contribution in [1.29, 1.82) is 0 Å². The van der Waals surface area contributed by atoms with Crippen molar-refractivity contribution in [1.82, 2.24) is 4.90 Å². The summed E-state index contributed by atoms with van der Waals surface area (Å²) in [6.07, 6.45) is 0.586. The van der Waals surface area contributed by atoms with E-state index in [0.29, 0.717) is 30.6 Å². The number of nitrogens with one attached hydrogen (secondary N) is 1. The van der Waals surface area contributed by atoms with Crippen LogP contribution in [0.15, 0.2) is 48.5 Å². The Morgan fingerprint density at radius 1 is 0.958 bits per heavy atom. The summed E-state index contributed by atoms with van der Waals surface area (Å²) in [5.74, 6) is -0.517. The van der Waals surface area contributed by atoms with Crippen LogP contribution in [-0.2, 0) is 0 Å². The molecule has 7 heteroatoms. The molecule has 7 nitrogen and oxygen atoms in total. The van der Waals surface area contributed by atoms with Crippen molar-refractivity contribution in [2.45, 2.75) is 6.42 Å². The minimum absolute atomic E-state index is 0.0339. The second kappa shape index (κ2) is 6.49. The lowest BCUT2D eigenvalue weighted by Crippen LogP contribution is -2.31. The summed E-state index contributed by atoms with van der Waals surface area (Å²) in [7, 11) is 0. The molecule has 2 aromatic rings. The lowest BCUT2D eigenvalue weighted by atomic mass is 10.1. The smallest absolute Gasteiger partial charge is 0.269 e. The van der Waals surface area contributed by atoms with Crippen molar-refractivity contribution >= 4 is 23.2 Å². The molecule has 0 saturated heterocycles. The first-order chi connectivity index (χ1) is 11.6. The quantitative estimate of drug-likeness (QED) is 0.381. The van der Waals surface area contributed by atoms with E-state index in [0.717, 1.165) is 5.69 Å². The summed E-state index contributed by atoms with van der Waals surface area (Å²) in [6.45, 7) is 0.873. The van der Waals surface area contributed by atoms with Gasteiger partial charge in [0.2, 0.25) is 0 Å². The highest BCUT2D eigenvalue weighted by atomic mass is 16.6. The molecule has 0 radical (unpaired) electrons. The summed E-state index contributed by atoms with van der Waals surface area (Å²) in [4.78, 5) is 35.8. The van der Waals surface area contributed by atoms with Gasteiger partial charge >= 0.3 is 0 Å². The Morgan fingerprint density at radius 2 is 1.54 bits per heavy atom. The molecule has 0 atom stereocenters. The molecule has 2 amide bonds. The van der Waals surface area contributed by atoms with Crippen molar-refractivity contribution in [3.63, 3.8) is 0 Å². The van der Waals surface area contributed by atoms with Gasteiger partial charge in [-0.05, 0) is 30.7 Å². The van der Waals surface area contributed by atoms with Crippen molar-refractivity contribution in [2.24, 2.45) is 0 Å². The lowest BCUT2D eigenvalue weighted by Gasteiger charge is -2.14. The molecule has 24 heavy (non-hydrogen) atoms. The molecule has 1 aliphatic rings. The molecule has 0 bridgehead atoms. The highest BCUT2D eigenvalue weighted by Gasteiger charge is 2.34. The van der Waals surface area contributed by atoms with Crippen LogP contribution >= 0.6 is 0 Å². The van der Waals surface area contributed by atoms with Crippen molar-refractivity contribution in [3.8, 4) is 0 Å². The summed E-state index contributed by atoms with van der Waals surface area (Å²) < 4.78 is 0. The fourth-order valence-corrected chi connectivity index (χ4v) is 2.61. The molecule has 0 fully saturated rings. The average Bonchev–Trinajstić information content (AvgIpc) is 2.84. The van der Waals surface area contributed by atoms with Gasteiger partial charge in [0.1, 0.15) is 0 Å². The minimum Gasteiger partial charge on any atom is -0.385 e. The first-order valence-electron chi connectivity index (χ1n) is 7.51. The number of imide groups is 1. The molecule has 0 saturated carbocycles. The Labute approximate surface area is 138 Å². The summed E-state index contributed by atoms with van der Waals surface area (Å²) in [5.41, 5.74) is 1.69. The van der Waals surface area contributed by atoms with E-state index in [1.165, 1.54) is 17.0 Å². The third-order valence-electron chi connectivity index (χ3n) is 3.84. The number of amides is 2. The molecular formula is C17H15N3O4. The van der Waals surface area contributed by atoms with Crippen molar-refractivity contribution in [2.75, 3.05) is 18.4 Å². The maximum absolute atomic E-state index is 12.2. The predicted octanol–water partition coefficient (Wildman–Crippen LogP) is 2.69. The first kappa shape index (κ1) is 15.7. The number of nitrogens with zero attached hydrogens (tertiary/aromatic N) is 2. The summed E-state index contributed by atoms with van der Waals surface area (Å²) in [5, 5.41) is 13.7. The van der Waals surface area contributed by atoms with Crippen LogP contribution in [0.25, 0.3) is 0 Å². The van der Waals surface area contributed by atoms with E-state index in [9.17, 15) is 19.7 Å². The van der Waals surface area contributed by atoms with E-state index in [1.54, 1.807) is 36.4 Å². The second-order valence-corrected chi connectivity index (χ2v) is 5.39. The van der Waals surface area contributed by atoms with Gasteiger partial charge in [0.25, 0.3) is 17.5 Å². The Kier molecular flexibility index (Phi) is 4.24. The number of hydrogen-bond donors (Lipinski definition) is 1. The average molecular weight is 325 g/mol. The number of non-ortho nitro benzene ring substituents is 1. The van der Waals surface area contributed by atoms with Gasteiger partial charge in [-0.3, -0.25) is 24.6 Å². The van der Waals surface area contributed by atoms with E-state index in [-0.39, 0.29) is 17.5 Å². The Bertz CT molecular complexity index is 767. The molecule has 122 valence electrons. The van der Waals surface area contributed by atoms with Crippen LogP contribution in [0, 0.1) is 10.1 Å². The monoisotopic (exact) mass is 325 g/mol. The van der Waals surface area contributed by atoms with E-state index >= 15 is 0 Å². The molecule has 0 spiro atoms. The number of anilines is 1. The Morgan fingerprint density at radius 3 is 2.08 bits per heavy atom. The lowest BCUT2D eigenvalue weighted by molar-refractivity contribution is -0.384. The third-order valence-corrected chi connectivity index (χ3v) is 3.84. The van der Waals surface area contributed by atoms with Gasteiger partial charge in [0.15, 0.2) is 0 Å². The van der Waals surface area contributed by atoms with E-state index < -0.39 is 4.92 Å². The third kappa shape index (κ3) is 2.96. The van der Waals surface area contributed by atoms with E-state index in [1.807, 2.05) is 0 Å². The summed E-state index contributed by atoms with van der Waals surface area (Å²) in [6, 6.07) is 12.9. The Balaban J connectivity index is 1.52. The normalized spacial score (nSPS) is 13.1. The highest BCUT2D eigenvalue weighted by molar-refractivity contribution is 6.21. The van der Waals surface area contributed by atoms with Crippen molar-refractivity contribution < 1.29 is 14.5 Å². The van der Waals surface area contributed by atoms with Gasteiger partial charge in [-0.2, -0.15) is 0 Å². The molecular weight excluding hydrogens is 310 g/mol. The van der Waals surface area contributed by atoms with Crippen LogP contribution in [0.4, 0.5) is 11.4 Å². The van der Waals surface area contributed by atoms with Crippen LogP contribution in [0.2, 0.25) is 0 Å². The number of benzene rings is 2. The molecule has 0 aliphatic carbocycles. The SMILES string of the molecule is O=C1c2ccccc2C(=O)N1CCCNc1ccc([N+](=O)[O-])cc1. The molecule has 3 rings (SSSR count). The van der Waals surface area contributed by atoms with Gasteiger partial charge < -0.3 is 5.32 Å². The van der Waals surface area contributed by atoms with Gasteiger partial charge in [-0.25, -0.2) is 0 Å². The number of nitro benzene ring substituents is 1. The minimum atomic E-state index is -0.452. The molecule has 0 unspecified atom stereocenters. The number of fused-ring (bicyclic) bond motifs is 1. The van der Waals surface area contributed by atoms with Gasteiger partial charge in [0, 0.05) is 30.9 Å². The molecule has 1 N–H and O–H groups in total. The van der Waals surface area contributed by atoms with Crippen LogP contribution in [-0.4, -0.2) is 34.7 Å². The van der Waals surface area contributed by atoms with Crippen LogP contribution < -0.4 is 5.32 Å². The van der Waals surface area contributed by atoms with E-state index in [4.69, 9.17) is 0 Å². The zero-order chi connectivity index (χ0) is 17.1. The number of nitro groups is 1.